The number of hydrogen-bond donors (Lipinski definition) is 0. The van der Waals surface area contributed by atoms with Crippen molar-refractivity contribution in [3.8, 4) is 5.88 Å². The lowest BCUT2D eigenvalue weighted by atomic mass is 9.93. The number of ether oxygens (including phenoxy) is 1. The molecule has 5 heteroatoms. The van der Waals surface area contributed by atoms with Gasteiger partial charge in [0.25, 0.3) is 5.88 Å². The monoisotopic (exact) mass is 275 g/mol. The zero-order valence-electron chi connectivity index (χ0n) is 11.9. The summed E-state index contributed by atoms with van der Waals surface area (Å²) in [6.07, 6.45) is 8.96. The van der Waals surface area contributed by atoms with Crippen LogP contribution < -0.4 is 9.64 Å². The average molecular weight is 275 g/mol. The molecule has 0 unspecified atom stereocenters. The zero-order valence-corrected chi connectivity index (χ0v) is 11.9. The number of anilines is 1. The lowest BCUT2D eigenvalue weighted by molar-refractivity contribution is -0.121. The minimum absolute atomic E-state index is 0.207. The van der Waals surface area contributed by atoms with E-state index in [0.29, 0.717) is 17.8 Å². The van der Waals surface area contributed by atoms with Crippen LogP contribution in [0.15, 0.2) is 12.4 Å². The molecule has 1 aliphatic carbocycles. The lowest BCUT2D eigenvalue weighted by Crippen LogP contribution is -2.37. The maximum atomic E-state index is 11.4. The van der Waals surface area contributed by atoms with E-state index in [4.69, 9.17) is 4.74 Å². The van der Waals surface area contributed by atoms with Crippen molar-refractivity contribution in [3.63, 3.8) is 0 Å². The molecule has 3 rings (SSSR count). The Bertz CT molecular complexity index is 480. The summed E-state index contributed by atoms with van der Waals surface area (Å²) < 4.78 is 5.93. The molecular formula is C15H21N3O2. The minimum atomic E-state index is 0.207. The number of piperidine rings is 1. The summed E-state index contributed by atoms with van der Waals surface area (Å²) in [5.74, 6) is 1.99. The van der Waals surface area contributed by atoms with Gasteiger partial charge >= 0.3 is 0 Å². The quantitative estimate of drug-likeness (QED) is 0.843. The van der Waals surface area contributed by atoms with Gasteiger partial charge in [-0.3, -0.25) is 4.79 Å². The number of rotatable bonds is 4. The highest BCUT2D eigenvalue weighted by Gasteiger charge is 2.27. The number of carbonyl (C=O) groups excluding carboxylic acids is 1. The second-order valence-corrected chi connectivity index (χ2v) is 5.73. The highest BCUT2D eigenvalue weighted by atomic mass is 16.5. The Morgan fingerprint density at radius 1 is 1.20 bits per heavy atom. The Morgan fingerprint density at radius 3 is 2.50 bits per heavy atom. The lowest BCUT2D eigenvalue weighted by Gasteiger charge is -2.33. The van der Waals surface area contributed by atoms with Crippen LogP contribution in [0.25, 0.3) is 0 Å². The summed E-state index contributed by atoms with van der Waals surface area (Å²) in [6.45, 7) is 3.39. The average Bonchev–Trinajstić information content (AvgIpc) is 2.43. The molecule has 2 heterocycles. The van der Waals surface area contributed by atoms with Gasteiger partial charge in [-0.15, -0.1) is 0 Å². The van der Waals surface area contributed by atoms with Gasteiger partial charge in [0.2, 0.25) is 0 Å². The number of nitrogens with zero attached hydrogens (tertiary/aromatic N) is 3. The molecule has 20 heavy (non-hydrogen) atoms. The summed E-state index contributed by atoms with van der Waals surface area (Å²) in [5.41, 5.74) is 0. The first-order valence-electron chi connectivity index (χ1n) is 7.47. The van der Waals surface area contributed by atoms with Gasteiger partial charge in [0.15, 0.2) is 5.82 Å². The molecule has 0 radical (unpaired) electrons. The number of carbonyl (C=O) groups is 1. The van der Waals surface area contributed by atoms with Crippen molar-refractivity contribution in [3.05, 3.63) is 12.4 Å². The molecule has 1 saturated heterocycles. The number of Topliss-reactive ketones (excluding diaryl/α,β-unsaturated/α-hetero) is 1. The molecule has 0 amide bonds. The molecule has 1 saturated carbocycles. The van der Waals surface area contributed by atoms with Crippen LogP contribution in [0.2, 0.25) is 0 Å². The second kappa shape index (κ2) is 5.77. The van der Waals surface area contributed by atoms with Gasteiger partial charge in [0.05, 0.1) is 0 Å². The molecular weight excluding hydrogens is 254 g/mol. The highest BCUT2D eigenvalue weighted by Crippen LogP contribution is 2.31. The highest BCUT2D eigenvalue weighted by molar-refractivity contribution is 5.78. The zero-order chi connectivity index (χ0) is 13.9. The van der Waals surface area contributed by atoms with Gasteiger partial charge in [-0.25, -0.2) is 9.97 Å². The van der Waals surface area contributed by atoms with Gasteiger partial charge in [-0.05, 0) is 39.0 Å². The normalized spacial score (nSPS) is 20.6. The van der Waals surface area contributed by atoms with Crippen LogP contribution >= 0.6 is 0 Å². The molecule has 0 atom stereocenters. The maximum absolute atomic E-state index is 11.4. The second-order valence-electron chi connectivity index (χ2n) is 5.73. The van der Waals surface area contributed by atoms with Gasteiger partial charge in [0, 0.05) is 31.4 Å². The maximum Gasteiger partial charge on any atom is 0.257 e. The van der Waals surface area contributed by atoms with Crippen LogP contribution in [0.3, 0.4) is 0 Å². The molecule has 0 aromatic carbocycles. The number of ketones is 1. The fraction of sp³-hybridized carbons (Fsp3) is 0.667. The van der Waals surface area contributed by atoms with E-state index in [1.807, 2.05) is 0 Å². The summed E-state index contributed by atoms with van der Waals surface area (Å²) in [6, 6.07) is 0. The van der Waals surface area contributed by atoms with Gasteiger partial charge < -0.3 is 9.64 Å². The van der Waals surface area contributed by atoms with Crippen molar-refractivity contribution < 1.29 is 9.53 Å². The predicted octanol–water partition coefficient (Wildman–Crippen LogP) is 2.21. The third-order valence-corrected chi connectivity index (χ3v) is 4.35. The number of aromatic nitrogens is 2. The molecule has 0 bridgehead atoms. The van der Waals surface area contributed by atoms with Crippen molar-refractivity contribution in [1.82, 2.24) is 9.97 Å². The molecule has 2 aliphatic rings. The van der Waals surface area contributed by atoms with E-state index in [0.717, 1.165) is 44.6 Å². The van der Waals surface area contributed by atoms with Crippen LogP contribution in [-0.4, -0.2) is 34.9 Å². The standard InChI is InChI=1S/C15H21N3O2/c1-11(19)12-5-9-18(10-6-12)14-15(17-8-7-16-14)20-13-3-2-4-13/h7-8,12-13H,2-6,9-10H2,1H3. The van der Waals surface area contributed by atoms with E-state index in [9.17, 15) is 4.79 Å². The Balaban J connectivity index is 1.68. The van der Waals surface area contributed by atoms with E-state index >= 15 is 0 Å². The molecule has 108 valence electrons. The molecule has 5 nitrogen and oxygen atoms in total. The molecule has 1 aromatic heterocycles. The first-order valence-corrected chi connectivity index (χ1v) is 7.47. The summed E-state index contributed by atoms with van der Waals surface area (Å²) in [5, 5.41) is 0. The number of hydrogen-bond acceptors (Lipinski definition) is 5. The first kappa shape index (κ1) is 13.3. The smallest absolute Gasteiger partial charge is 0.257 e. The topological polar surface area (TPSA) is 55.3 Å². The first-order chi connectivity index (χ1) is 9.74. The predicted molar refractivity (Wildman–Crippen MR) is 75.9 cm³/mol. The van der Waals surface area contributed by atoms with E-state index in [1.165, 1.54) is 6.42 Å². The summed E-state index contributed by atoms with van der Waals surface area (Å²) >= 11 is 0. The van der Waals surface area contributed by atoms with Crippen LogP contribution in [0.4, 0.5) is 5.82 Å². The molecule has 0 spiro atoms. The Labute approximate surface area is 119 Å². The van der Waals surface area contributed by atoms with Crippen molar-refractivity contribution >= 4 is 11.6 Å². The van der Waals surface area contributed by atoms with Gasteiger partial charge in [0.1, 0.15) is 11.9 Å². The van der Waals surface area contributed by atoms with Crippen molar-refractivity contribution in [2.75, 3.05) is 18.0 Å². The van der Waals surface area contributed by atoms with Crippen molar-refractivity contribution in [2.45, 2.75) is 45.1 Å². The van der Waals surface area contributed by atoms with Crippen LogP contribution in [-0.2, 0) is 4.79 Å². The van der Waals surface area contributed by atoms with Crippen LogP contribution in [0.5, 0.6) is 5.88 Å². The SMILES string of the molecule is CC(=O)C1CCN(c2nccnc2OC2CCC2)CC1. The van der Waals surface area contributed by atoms with E-state index in [2.05, 4.69) is 14.9 Å². The Hall–Kier alpha value is -1.65. The fourth-order valence-corrected chi connectivity index (χ4v) is 2.76. The summed E-state index contributed by atoms with van der Waals surface area (Å²) in [4.78, 5) is 22.4. The van der Waals surface area contributed by atoms with E-state index in [1.54, 1.807) is 19.3 Å². The van der Waals surface area contributed by atoms with E-state index in [-0.39, 0.29) is 5.92 Å². The van der Waals surface area contributed by atoms with Gasteiger partial charge in [-0.2, -0.15) is 0 Å². The third kappa shape index (κ3) is 2.76. The molecule has 1 aromatic rings. The third-order valence-electron chi connectivity index (χ3n) is 4.35. The molecule has 0 N–H and O–H groups in total. The Morgan fingerprint density at radius 2 is 1.90 bits per heavy atom. The molecule has 2 fully saturated rings. The molecule has 1 aliphatic heterocycles. The Kier molecular flexibility index (Phi) is 3.85. The summed E-state index contributed by atoms with van der Waals surface area (Å²) in [7, 11) is 0. The largest absolute Gasteiger partial charge is 0.472 e. The van der Waals surface area contributed by atoms with E-state index < -0.39 is 0 Å². The van der Waals surface area contributed by atoms with Crippen molar-refractivity contribution in [1.29, 1.82) is 0 Å². The van der Waals surface area contributed by atoms with Gasteiger partial charge in [-0.1, -0.05) is 0 Å². The minimum Gasteiger partial charge on any atom is -0.472 e. The fourth-order valence-electron chi connectivity index (χ4n) is 2.76. The van der Waals surface area contributed by atoms with Crippen LogP contribution in [0.1, 0.15) is 39.0 Å². The van der Waals surface area contributed by atoms with Crippen molar-refractivity contribution in [2.24, 2.45) is 5.92 Å². The van der Waals surface area contributed by atoms with Crippen LogP contribution in [0, 0.1) is 5.92 Å².